The maximum absolute atomic E-state index is 12.9. The van der Waals surface area contributed by atoms with Crippen LogP contribution in [-0.4, -0.2) is 42.8 Å². The Kier molecular flexibility index (Phi) is 6.78. The number of sulfone groups is 1. The average molecular weight is 344 g/mol. The molecule has 0 bridgehead atoms. The molecular weight excluding hydrogens is 316 g/mol. The van der Waals surface area contributed by atoms with E-state index in [1.807, 2.05) is 0 Å². The first-order valence-electron chi connectivity index (χ1n) is 7.27. The van der Waals surface area contributed by atoms with Gasteiger partial charge >= 0.3 is 0 Å². The minimum atomic E-state index is -3.67. The van der Waals surface area contributed by atoms with E-state index in [2.05, 4.69) is 23.8 Å². The van der Waals surface area contributed by atoms with Crippen molar-refractivity contribution >= 4 is 21.7 Å². The minimum Gasteiger partial charge on any atom is -0.351 e. The number of carbonyl (C=O) groups excluding carboxylic acids is 2. The van der Waals surface area contributed by atoms with E-state index in [9.17, 15) is 18.0 Å². The first-order chi connectivity index (χ1) is 10.2. The quantitative estimate of drug-likeness (QED) is 0.650. The predicted octanol–water partition coefficient (Wildman–Crippen LogP) is 1.34. The highest BCUT2D eigenvalue weighted by Crippen LogP contribution is 2.28. The predicted molar refractivity (Wildman–Crippen MR) is 92.7 cm³/mol. The van der Waals surface area contributed by atoms with Crippen molar-refractivity contribution in [2.75, 3.05) is 13.1 Å². The zero-order valence-corrected chi connectivity index (χ0v) is 15.7. The van der Waals surface area contributed by atoms with Crippen LogP contribution in [0.1, 0.15) is 41.5 Å². The van der Waals surface area contributed by atoms with Crippen molar-refractivity contribution in [3.8, 4) is 0 Å². The summed E-state index contributed by atoms with van der Waals surface area (Å²) in [5.41, 5.74) is 0.623. The van der Waals surface area contributed by atoms with E-state index in [4.69, 9.17) is 0 Å². The lowest BCUT2D eigenvalue weighted by atomic mass is 10.2. The number of amides is 2. The molecule has 0 radical (unpaired) electrons. The van der Waals surface area contributed by atoms with Crippen LogP contribution in [-0.2, 0) is 19.4 Å². The van der Waals surface area contributed by atoms with Gasteiger partial charge in [-0.1, -0.05) is 13.2 Å². The third-order valence-corrected chi connectivity index (χ3v) is 6.78. The van der Waals surface area contributed by atoms with Crippen LogP contribution in [0.2, 0.25) is 0 Å². The second-order valence-electron chi connectivity index (χ2n) is 6.95. The summed E-state index contributed by atoms with van der Waals surface area (Å²) in [5.74, 6) is -0.775. The molecule has 7 heteroatoms. The molecule has 0 aliphatic heterocycles. The van der Waals surface area contributed by atoms with Crippen molar-refractivity contribution in [2.45, 2.75) is 51.0 Å². The van der Waals surface area contributed by atoms with Gasteiger partial charge in [-0.05, 0) is 41.5 Å². The molecule has 0 saturated heterocycles. The molecule has 2 amide bonds. The largest absolute Gasteiger partial charge is 0.351 e. The number of nitrogens with one attached hydrogen (secondary N) is 2. The number of rotatable bonds is 8. The zero-order chi connectivity index (χ0) is 18.6. The Bertz CT molecular complexity index is 568. The molecule has 2 N–H and O–H groups in total. The first-order valence-corrected chi connectivity index (χ1v) is 8.75. The van der Waals surface area contributed by atoms with Gasteiger partial charge in [0.15, 0.2) is 9.84 Å². The van der Waals surface area contributed by atoms with Gasteiger partial charge < -0.3 is 10.6 Å². The molecule has 23 heavy (non-hydrogen) atoms. The number of carbonyl (C=O) groups is 2. The van der Waals surface area contributed by atoms with Crippen molar-refractivity contribution in [1.29, 1.82) is 0 Å². The number of hydrogen-bond donors (Lipinski definition) is 2. The molecule has 6 nitrogen and oxygen atoms in total. The third-order valence-electron chi connectivity index (χ3n) is 3.58. The lowest BCUT2D eigenvalue weighted by Gasteiger charge is -2.35. The summed E-state index contributed by atoms with van der Waals surface area (Å²) < 4.78 is 23.4. The molecule has 0 saturated carbocycles. The van der Waals surface area contributed by atoms with Crippen LogP contribution in [0.3, 0.4) is 0 Å². The van der Waals surface area contributed by atoms with Gasteiger partial charge in [-0.3, -0.25) is 9.59 Å². The molecule has 0 unspecified atom stereocenters. The fourth-order valence-corrected chi connectivity index (χ4v) is 3.85. The van der Waals surface area contributed by atoms with Gasteiger partial charge in [0.05, 0.1) is 9.49 Å². The average Bonchev–Trinajstić information content (AvgIpc) is 2.41. The Morgan fingerprint density at radius 2 is 1.09 bits per heavy atom. The Morgan fingerprint density at radius 1 is 0.826 bits per heavy atom. The van der Waals surface area contributed by atoms with Crippen LogP contribution in [0.5, 0.6) is 0 Å². The van der Waals surface area contributed by atoms with Gasteiger partial charge in [0.25, 0.3) is 0 Å². The zero-order valence-electron chi connectivity index (χ0n) is 14.9. The van der Waals surface area contributed by atoms with E-state index in [1.54, 1.807) is 41.5 Å². The summed E-state index contributed by atoms with van der Waals surface area (Å²) in [5, 5.41) is 5.13. The standard InChI is InChI=1S/C16H28N2O4S/c1-11(2)13(19)17-9-15(5,6)23(21,22)16(7,8)10-18-14(20)12(3)4/h1,3,9-10H2,2,4-8H3,(H,17,19)(H,18,20). The van der Waals surface area contributed by atoms with E-state index in [0.717, 1.165) is 0 Å². The molecule has 0 rings (SSSR count). The molecule has 0 aromatic rings. The summed E-state index contributed by atoms with van der Waals surface area (Å²) in [6.07, 6.45) is 0. The van der Waals surface area contributed by atoms with E-state index < -0.39 is 19.3 Å². The maximum atomic E-state index is 12.9. The second-order valence-corrected chi connectivity index (χ2v) is 10.2. The van der Waals surface area contributed by atoms with Gasteiger partial charge in [0.1, 0.15) is 0 Å². The van der Waals surface area contributed by atoms with E-state index >= 15 is 0 Å². The molecule has 132 valence electrons. The van der Waals surface area contributed by atoms with Crippen LogP contribution >= 0.6 is 0 Å². The van der Waals surface area contributed by atoms with E-state index in [-0.39, 0.29) is 24.9 Å². The molecular formula is C16H28N2O4S. The van der Waals surface area contributed by atoms with Crippen molar-refractivity contribution in [1.82, 2.24) is 10.6 Å². The lowest BCUT2D eigenvalue weighted by molar-refractivity contribution is -0.118. The van der Waals surface area contributed by atoms with Crippen LogP contribution in [0.15, 0.2) is 24.3 Å². The summed E-state index contributed by atoms with van der Waals surface area (Å²) in [4.78, 5) is 23.2. The molecule has 0 atom stereocenters. The first kappa shape index (κ1) is 21.4. The molecule has 0 aromatic heterocycles. The Hall–Kier alpha value is -1.63. The second kappa shape index (κ2) is 7.29. The van der Waals surface area contributed by atoms with Crippen LogP contribution in [0.4, 0.5) is 0 Å². The highest BCUT2D eigenvalue weighted by molar-refractivity contribution is 7.94. The topological polar surface area (TPSA) is 92.3 Å². The molecule has 0 aliphatic carbocycles. The van der Waals surface area contributed by atoms with Crippen LogP contribution < -0.4 is 10.6 Å². The highest BCUT2D eigenvalue weighted by atomic mass is 32.2. The molecule has 0 heterocycles. The van der Waals surface area contributed by atoms with Gasteiger partial charge in [-0.15, -0.1) is 0 Å². The molecule has 0 aromatic carbocycles. The minimum absolute atomic E-state index is 0.0428. The van der Waals surface area contributed by atoms with E-state index in [0.29, 0.717) is 11.1 Å². The maximum Gasteiger partial charge on any atom is 0.246 e. The van der Waals surface area contributed by atoms with Crippen LogP contribution in [0.25, 0.3) is 0 Å². The summed E-state index contributed by atoms with van der Waals surface area (Å²) in [6, 6.07) is 0. The van der Waals surface area contributed by atoms with Gasteiger partial charge in [-0.2, -0.15) is 0 Å². The lowest BCUT2D eigenvalue weighted by Crippen LogP contribution is -2.55. The monoisotopic (exact) mass is 344 g/mol. The van der Waals surface area contributed by atoms with Crippen molar-refractivity contribution in [2.24, 2.45) is 0 Å². The highest BCUT2D eigenvalue weighted by Gasteiger charge is 2.46. The van der Waals surface area contributed by atoms with Crippen LogP contribution in [0, 0.1) is 0 Å². The van der Waals surface area contributed by atoms with Crippen molar-refractivity contribution < 1.29 is 18.0 Å². The van der Waals surface area contributed by atoms with Crippen molar-refractivity contribution in [3.05, 3.63) is 24.3 Å². The summed E-state index contributed by atoms with van der Waals surface area (Å²) in [7, 11) is -3.67. The Balaban J connectivity index is 5.18. The molecule has 0 spiro atoms. The fourth-order valence-electron chi connectivity index (χ4n) is 1.83. The Labute approximate surface area is 139 Å². The Morgan fingerprint density at radius 3 is 1.30 bits per heavy atom. The normalized spacial score (nSPS) is 12.4. The van der Waals surface area contributed by atoms with E-state index in [1.165, 1.54) is 0 Å². The van der Waals surface area contributed by atoms with Gasteiger partial charge in [-0.25, -0.2) is 8.42 Å². The fraction of sp³-hybridized carbons (Fsp3) is 0.625. The summed E-state index contributed by atoms with van der Waals surface area (Å²) in [6.45, 7) is 16.2. The number of hydrogen-bond acceptors (Lipinski definition) is 4. The molecule has 0 aliphatic rings. The van der Waals surface area contributed by atoms with Gasteiger partial charge in [0.2, 0.25) is 11.8 Å². The SMILES string of the molecule is C=C(C)C(=O)NCC(C)(C)S(=O)(=O)C(C)(C)CNC(=O)C(=C)C. The van der Waals surface area contributed by atoms with Gasteiger partial charge in [0, 0.05) is 24.2 Å². The van der Waals surface area contributed by atoms with Crippen molar-refractivity contribution in [3.63, 3.8) is 0 Å². The smallest absolute Gasteiger partial charge is 0.246 e. The molecule has 0 fully saturated rings. The third kappa shape index (κ3) is 5.20. The summed E-state index contributed by atoms with van der Waals surface area (Å²) >= 11 is 0.